The van der Waals surface area contributed by atoms with Gasteiger partial charge in [-0.2, -0.15) is 19.2 Å². The molecule has 53 heavy (non-hydrogen) atoms. The third-order valence-electron chi connectivity index (χ3n) is 11.8. The smallest absolute Gasteiger partial charge is 0.373 e. The van der Waals surface area contributed by atoms with Crippen molar-refractivity contribution in [2.24, 2.45) is 0 Å². The molecule has 6 saturated heterocycles. The van der Waals surface area contributed by atoms with E-state index in [1.54, 1.807) is 0 Å². The Morgan fingerprint density at radius 3 is 1.47 bits per heavy atom. The summed E-state index contributed by atoms with van der Waals surface area (Å²) in [5.41, 5.74) is 0. The first kappa shape index (κ1) is 43.8. The van der Waals surface area contributed by atoms with Gasteiger partial charge in [0.05, 0.1) is 31.0 Å². The number of carbonyl (C=O) groups is 1. The lowest BCUT2D eigenvalue weighted by Gasteiger charge is -2.47. The lowest BCUT2D eigenvalue weighted by Crippen LogP contribution is -2.62. The number of carbonyl (C=O) groups excluding carboxylic acids is 5. The van der Waals surface area contributed by atoms with E-state index in [0.717, 1.165) is 96.2 Å². The van der Waals surface area contributed by atoms with Gasteiger partial charge < -0.3 is 52.9 Å². The van der Waals surface area contributed by atoms with Gasteiger partial charge in [-0.3, -0.25) is 0 Å². The van der Waals surface area contributed by atoms with E-state index in [-0.39, 0.29) is 87.4 Å². The average Bonchev–Trinajstić information content (AvgIpc) is 3.73. The number of aldehydes is 1. The summed E-state index contributed by atoms with van der Waals surface area (Å²) in [6.45, 7) is 3.95. The molecule has 2 aliphatic carbocycles. The third kappa shape index (κ3) is 9.89. The van der Waals surface area contributed by atoms with Crippen molar-refractivity contribution in [3.63, 3.8) is 0 Å². The second-order valence-corrected chi connectivity index (χ2v) is 15.0. The monoisotopic (exact) mass is 756 g/mol. The fourth-order valence-electron chi connectivity index (χ4n) is 9.32. The molecule has 6 heterocycles. The molecule has 2 saturated carbocycles. The highest BCUT2D eigenvalue weighted by Gasteiger charge is 2.61. The molecule has 0 aromatic rings. The molecule has 0 radical (unpaired) electrons. The van der Waals surface area contributed by atoms with E-state index in [1.165, 1.54) is 12.8 Å². The predicted molar refractivity (Wildman–Crippen MR) is 181 cm³/mol. The maximum absolute atomic E-state index is 11.5. The van der Waals surface area contributed by atoms with E-state index >= 15 is 0 Å². The zero-order valence-electron chi connectivity index (χ0n) is 30.3. The Morgan fingerprint density at radius 2 is 1.04 bits per heavy atom. The van der Waals surface area contributed by atoms with Crippen LogP contribution in [0.25, 0.3) is 0 Å². The van der Waals surface area contributed by atoms with Gasteiger partial charge in [-0.15, -0.1) is 0 Å². The molecule has 2 spiro atoms. The largest absolute Gasteiger partial charge is 0.394 e. The van der Waals surface area contributed by atoms with Crippen molar-refractivity contribution in [1.82, 2.24) is 0 Å². The fraction of sp³-hybridized carbons (Fsp3) is 0.921. The molecular weight excluding hydrogens is 696 g/mol. The van der Waals surface area contributed by atoms with Crippen molar-refractivity contribution in [3.05, 3.63) is 0 Å². The van der Waals surface area contributed by atoms with E-state index in [2.05, 4.69) is 13.8 Å². The highest BCUT2D eigenvalue weighted by molar-refractivity contribution is 5.58. The van der Waals surface area contributed by atoms with Crippen molar-refractivity contribution < 1.29 is 72.1 Å². The van der Waals surface area contributed by atoms with Crippen LogP contribution in [0.3, 0.4) is 0 Å². The summed E-state index contributed by atoms with van der Waals surface area (Å²) >= 11 is 0. The molecular formula is C38H60O15. The lowest BCUT2D eigenvalue weighted by molar-refractivity contribution is -0.255. The molecule has 0 amide bonds. The average molecular weight is 757 g/mol. The van der Waals surface area contributed by atoms with Gasteiger partial charge in [-0.05, 0) is 64.2 Å². The molecule has 0 aromatic heterocycles. The molecule has 8 rings (SSSR count). The van der Waals surface area contributed by atoms with Crippen LogP contribution in [0.1, 0.15) is 124 Å². The molecule has 2 unspecified atom stereocenters. The normalized spacial score (nSPS) is 40.5. The first-order chi connectivity index (χ1) is 25.2. The minimum atomic E-state index is -0.954. The van der Waals surface area contributed by atoms with Gasteiger partial charge in [-0.25, -0.2) is 0 Å². The molecule has 6 aliphatic heterocycles. The lowest BCUT2D eigenvalue weighted by atomic mass is 9.87. The van der Waals surface area contributed by atoms with Gasteiger partial charge in [0.15, 0.2) is 17.9 Å². The van der Waals surface area contributed by atoms with E-state index in [4.69, 9.17) is 57.1 Å². The second-order valence-electron chi connectivity index (χ2n) is 15.0. The first-order valence-electron chi connectivity index (χ1n) is 19.3. The Bertz CT molecular complexity index is 1180. The van der Waals surface area contributed by atoms with Crippen molar-refractivity contribution in [2.45, 2.75) is 215 Å². The van der Waals surface area contributed by atoms with E-state index in [0.29, 0.717) is 0 Å². The summed E-state index contributed by atoms with van der Waals surface area (Å²) in [5, 5.41) is 19.7. The highest BCUT2D eigenvalue weighted by atomic mass is 16.8. The zero-order valence-corrected chi connectivity index (χ0v) is 30.3. The Hall–Kier alpha value is -1.97. The summed E-state index contributed by atoms with van der Waals surface area (Å²) in [6, 6.07) is 0. The van der Waals surface area contributed by atoms with Crippen LogP contribution in [0.4, 0.5) is 0 Å². The number of ether oxygens (including phenoxy) is 8. The Morgan fingerprint density at radius 1 is 0.623 bits per heavy atom. The van der Waals surface area contributed by atoms with Crippen LogP contribution < -0.4 is 0 Å². The van der Waals surface area contributed by atoms with Crippen LogP contribution in [-0.2, 0) is 61.9 Å². The number of aliphatic hydroxyl groups is 2. The summed E-state index contributed by atoms with van der Waals surface area (Å²) in [4.78, 5) is 44.0. The van der Waals surface area contributed by atoms with Crippen LogP contribution in [0.5, 0.6) is 0 Å². The minimum absolute atomic E-state index is 0. The summed E-state index contributed by atoms with van der Waals surface area (Å²) < 4.78 is 50.1. The quantitative estimate of drug-likeness (QED) is 0.387. The van der Waals surface area contributed by atoms with Crippen molar-refractivity contribution >= 4 is 18.6 Å². The predicted octanol–water partition coefficient (Wildman–Crippen LogP) is 3.33. The highest BCUT2D eigenvalue weighted by Crippen LogP contribution is 2.49. The van der Waals surface area contributed by atoms with E-state index < -0.39 is 29.9 Å². The minimum Gasteiger partial charge on any atom is -0.394 e. The van der Waals surface area contributed by atoms with Gasteiger partial charge in [0.25, 0.3) is 0 Å². The number of aliphatic hydroxyl groups excluding tert-OH is 2. The van der Waals surface area contributed by atoms with Crippen LogP contribution in [-0.4, -0.2) is 126 Å². The molecule has 8 aliphatic rings. The Labute approximate surface area is 312 Å². The van der Waals surface area contributed by atoms with E-state index in [1.807, 2.05) is 0 Å². The molecule has 2 N–H and O–H groups in total. The second kappa shape index (κ2) is 20.3. The van der Waals surface area contributed by atoms with Gasteiger partial charge in [-0.1, -0.05) is 34.1 Å². The SMILES string of the molecule is C.CC[C@H]1CC[C@@H]2O[C@@H](C=O)C3OC4(CCCCC4)O[C@H]3[C@H]2O1.CC[C@H]1CC[C@@H]2O[C@@H]([C@H](O)CO)C3OC4(CCCCC4)O[C@H]3[C@H]2O1.O=C=O.O=C=O. The number of rotatable bonds is 5. The summed E-state index contributed by atoms with van der Waals surface area (Å²) in [5.74, 6) is -1.06. The maximum atomic E-state index is 11.5. The molecule has 8 fully saturated rings. The standard InChI is InChI=1S/C18H30O6.C17H26O5.2CO2.CH4/c1-2-11-6-7-13-15(21-11)17-16(14(22-13)12(20)10-19)23-18(24-17)8-4-3-5-9-18;1-2-11-6-7-12-14(19-11)16-15(13(10-18)20-12)21-17(22-16)8-4-3-5-9-17;2*2-1-3;/h11-17,19-20H,2-10H2,1H3;10-16H,2-9H2,1H3;;;1H4/t11-,12+,13-,14-,15-,16?,17-;11-,12-,13-,14-,15?,16-;;;/m00.../s1. The van der Waals surface area contributed by atoms with Crippen molar-refractivity contribution in [1.29, 1.82) is 0 Å². The van der Waals surface area contributed by atoms with Crippen LogP contribution in [0.15, 0.2) is 0 Å². The Balaban J connectivity index is 0.000000204. The molecule has 0 aromatic carbocycles. The van der Waals surface area contributed by atoms with Gasteiger partial charge >= 0.3 is 12.3 Å². The van der Waals surface area contributed by atoms with Crippen molar-refractivity contribution in [3.8, 4) is 0 Å². The summed E-state index contributed by atoms with van der Waals surface area (Å²) in [7, 11) is 0. The van der Waals surface area contributed by atoms with Crippen LogP contribution >= 0.6 is 0 Å². The van der Waals surface area contributed by atoms with E-state index in [9.17, 15) is 15.0 Å². The maximum Gasteiger partial charge on any atom is 0.373 e. The molecule has 15 heteroatoms. The Kier molecular flexibility index (Phi) is 16.7. The van der Waals surface area contributed by atoms with Crippen LogP contribution in [0, 0.1) is 0 Å². The third-order valence-corrected chi connectivity index (χ3v) is 11.8. The number of hydrogen-bond donors (Lipinski definition) is 2. The molecule has 13 atom stereocenters. The zero-order chi connectivity index (χ0) is 37.3. The molecule has 302 valence electrons. The topological polar surface area (TPSA) is 200 Å². The number of hydrogen-bond acceptors (Lipinski definition) is 15. The van der Waals surface area contributed by atoms with Crippen LogP contribution in [0.2, 0.25) is 0 Å². The van der Waals surface area contributed by atoms with Gasteiger partial charge in [0.1, 0.15) is 54.9 Å². The summed E-state index contributed by atoms with van der Waals surface area (Å²) in [6.07, 6.45) is 14.7. The van der Waals surface area contributed by atoms with Gasteiger partial charge in [0.2, 0.25) is 0 Å². The van der Waals surface area contributed by atoms with Crippen molar-refractivity contribution in [2.75, 3.05) is 6.61 Å². The number of fused-ring (bicyclic) bond motifs is 6. The first-order valence-corrected chi connectivity index (χ1v) is 19.3. The fourth-order valence-corrected chi connectivity index (χ4v) is 9.32. The molecule has 0 bridgehead atoms. The van der Waals surface area contributed by atoms with Gasteiger partial charge in [0, 0.05) is 25.7 Å². The molecule has 15 nitrogen and oxygen atoms in total.